The fourth-order valence-electron chi connectivity index (χ4n) is 1.30. The first-order valence-electron chi connectivity index (χ1n) is 4.97. The van der Waals surface area contributed by atoms with Crippen molar-refractivity contribution in [2.45, 2.75) is 12.7 Å². The van der Waals surface area contributed by atoms with Crippen molar-refractivity contribution in [3.8, 4) is 0 Å². The Morgan fingerprint density at radius 1 is 1.28 bits per heavy atom. The molecule has 0 bridgehead atoms. The Hall–Kier alpha value is -1.27. The number of thiazole rings is 1. The van der Waals surface area contributed by atoms with Crippen molar-refractivity contribution in [3.05, 3.63) is 45.9 Å². The van der Waals surface area contributed by atoms with Crippen LogP contribution in [0.1, 0.15) is 11.3 Å². The molecule has 0 amide bonds. The second-order valence-electron chi connectivity index (χ2n) is 3.48. The molecule has 0 aliphatic rings. The molecular weight excluding hydrogens is 285 g/mol. The number of hydrogen-bond donors (Lipinski definition) is 1. The van der Waals surface area contributed by atoms with Crippen molar-refractivity contribution in [1.82, 2.24) is 4.98 Å². The van der Waals surface area contributed by atoms with Crippen LogP contribution in [-0.4, -0.2) is 4.98 Å². The Morgan fingerprint density at radius 2 is 2.00 bits per heavy atom. The van der Waals surface area contributed by atoms with Crippen LogP contribution in [0.2, 0.25) is 5.02 Å². The maximum Gasteiger partial charge on any atom is 0.434 e. The predicted molar refractivity (Wildman–Crippen MR) is 65.9 cm³/mol. The smallest absolute Gasteiger partial charge is 0.357 e. The first-order chi connectivity index (χ1) is 8.47. The number of hydrogen-bond acceptors (Lipinski definition) is 3. The average Bonchev–Trinajstić information content (AvgIpc) is 2.76. The third-order valence-electron chi connectivity index (χ3n) is 2.18. The molecule has 0 aliphatic heterocycles. The summed E-state index contributed by atoms with van der Waals surface area (Å²) in [5, 5.41) is 4.59. The van der Waals surface area contributed by atoms with E-state index in [1.807, 2.05) is 6.07 Å². The highest BCUT2D eigenvalue weighted by Crippen LogP contribution is 2.31. The van der Waals surface area contributed by atoms with Crippen molar-refractivity contribution in [2.24, 2.45) is 0 Å². The van der Waals surface area contributed by atoms with Crippen LogP contribution in [0.3, 0.4) is 0 Å². The molecule has 0 radical (unpaired) electrons. The topological polar surface area (TPSA) is 24.9 Å². The minimum absolute atomic E-state index is 0.224. The second-order valence-corrected chi connectivity index (χ2v) is 4.75. The van der Waals surface area contributed by atoms with Crippen LogP contribution >= 0.6 is 22.9 Å². The van der Waals surface area contributed by atoms with Crippen LogP contribution in [-0.2, 0) is 12.7 Å². The van der Waals surface area contributed by atoms with E-state index in [1.54, 1.807) is 18.2 Å². The van der Waals surface area contributed by atoms with Gasteiger partial charge in [-0.2, -0.15) is 13.2 Å². The Bertz CT molecular complexity index is 539. The summed E-state index contributed by atoms with van der Waals surface area (Å²) in [5.74, 6) is 0. The maximum absolute atomic E-state index is 12.3. The summed E-state index contributed by atoms with van der Waals surface area (Å²) in [6, 6.07) is 7.12. The van der Waals surface area contributed by atoms with E-state index in [-0.39, 0.29) is 5.13 Å². The van der Waals surface area contributed by atoms with Crippen molar-refractivity contribution in [2.75, 3.05) is 5.32 Å². The van der Waals surface area contributed by atoms with Gasteiger partial charge in [0, 0.05) is 16.9 Å². The molecule has 0 fully saturated rings. The zero-order valence-electron chi connectivity index (χ0n) is 8.96. The standard InChI is InChI=1S/C11H8ClF3N2S/c12-8-4-2-1-3-7(8)5-16-10-17-9(6-18-10)11(13,14)15/h1-4,6H,5H2,(H,16,17). The number of rotatable bonds is 3. The number of benzene rings is 1. The Labute approximate surface area is 110 Å². The Kier molecular flexibility index (Phi) is 3.77. The van der Waals surface area contributed by atoms with Crippen LogP contribution < -0.4 is 5.32 Å². The number of nitrogens with one attached hydrogen (secondary N) is 1. The number of halogens is 4. The molecule has 1 heterocycles. The summed E-state index contributed by atoms with van der Waals surface area (Å²) >= 11 is 6.85. The van der Waals surface area contributed by atoms with Gasteiger partial charge < -0.3 is 5.32 Å². The van der Waals surface area contributed by atoms with Gasteiger partial charge in [0.2, 0.25) is 0 Å². The van der Waals surface area contributed by atoms with Crippen molar-refractivity contribution < 1.29 is 13.2 Å². The molecule has 0 aliphatic carbocycles. The summed E-state index contributed by atoms with van der Waals surface area (Å²) in [5.41, 5.74) is -0.0721. The largest absolute Gasteiger partial charge is 0.434 e. The van der Waals surface area contributed by atoms with E-state index in [4.69, 9.17) is 11.6 Å². The highest BCUT2D eigenvalue weighted by atomic mass is 35.5. The molecule has 0 spiro atoms. The van der Waals surface area contributed by atoms with Gasteiger partial charge in [0.05, 0.1) is 0 Å². The van der Waals surface area contributed by atoms with Crippen LogP contribution in [0.4, 0.5) is 18.3 Å². The molecule has 0 saturated heterocycles. The van der Waals surface area contributed by atoms with Crippen molar-refractivity contribution in [1.29, 1.82) is 0 Å². The molecular formula is C11H8ClF3N2S. The molecule has 1 aromatic carbocycles. The molecule has 18 heavy (non-hydrogen) atoms. The average molecular weight is 293 g/mol. The molecule has 2 aromatic rings. The fourth-order valence-corrected chi connectivity index (χ4v) is 2.22. The first kappa shape index (κ1) is 13.2. The number of alkyl halides is 3. The quantitative estimate of drug-likeness (QED) is 0.905. The highest BCUT2D eigenvalue weighted by molar-refractivity contribution is 7.13. The van der Waals surface area contributed by atoms with Gasteiger partial charge in [0.15, 0.2) is 10.8 Å². The van der Waals surface area contributed by atoms with Gasteiger partial charge in [-0.3, -0.25) is 0 Å². The Morgan fingerprint density at radius 3 is 2.61 bits per heavy atom. The minimum atomic E-state index is -4.40. The summed E-state index contributed by atoms with van der Waals surface area (Å²) in [6.45, 7) is 0.338. The molecule has 2 nitrogen and oxygen atoms in total. The SMILES string of the molecule is FC(F)(F)c1csc(NCc2ccccc2Cl)n1. The minimum Gasteiger partial charge on any atom is -0.357 e. The van der Waals surface area contributed by atoms with Gasteiger partial charge in [0.1, 0.15) is 0 Å². The van der Waals surface area contributed by atoms with Gasteiger partial charge in [-0.15, -0.1) is 11.3 Å². The van der Waals surface area contributed by atoms with E-state index in [0.29, 0.717) is 11.6 Å². The molecule has 0 saturated carbocycles. The van der Waals surface area contributed by atoms with Gasteiger partial charge >= 0.3 is 6.18 Å². The lowest BCUT2D eigenvalue weighted by Gasteiger charge is -2.05. The molecule has 1 aromatic heterocycles. The summed E-state index contributed by atoms with van der Waals surface area (Å²) in [4.78, 5) is 3.47. The summed E-state index contributed by atoms with van der Waals surface area (Å²) in [6.07, 6.45) is -4.40. The first-order valence-corrected chi connectivity index (χ1v) is 6.22. The third-order valence-corrected chi connectivity index (χ3v) is 3.35. The van der Waals surface area contributed by atoms with Crippen molar-refractivity contribution >= 4 is 28.1 Å². The van der Waals surface area contributed by atoms with E-state index in [0.717, 1.165) is 22.3 Å². The van der Waals surface area contributed by atoms with E-state index in [9.17, 15) is 13.2 Å². The maximum atomic E-state index is 12.3. The Balaban J connectivity index is 2.03. The normalized spacial score (nSPS) is 11.6. The van der Waals surface area contributed by atoms with E-state index < -0.39 is 11.9 Å². The van der Waals surface area contributed by atoms with Crippen LogP contribution in [0.15, 0.2) is 29.6 Å². The fraction of sp³-hybridized carbons (Fsp3) is 0.182. The van der Waals surface area contributed by atoms with Gasteiger partial charge in [0.25, 0.3) is 0 Å². The van der Waals surface area contributed by atoms with Gasteiger partial charge in [-0.05, 0) is 11.6 Å². The van der Waals surface area contributed by atoms with E-state index >= 15 is 0 Å². The molecule has 1 N–H and O–H groups in total. The van der Waals surface area contributed by atoms with Crippen LogP contribution in [0.25, 0.3) is 0 Å². The highest BCUT2D eigenvalue weighted by Gasteiger charge is 2.33. The van der Waals surface area contributed by atoms with Crippen molar-refractivity contribution in [3.63, 3.8) is 0 Å². The molecule has 2 rings (SSSR count). The molecule has 96 valence electrons. The summed E-state index contributed by atoms with van der Waals surface area (Å²) in [7, 11) is 0. The van der Waals surface area contributed by atoms with Gasteiger partial charge in [-0.25, -0.2) is 4.98 Å². The monoisotopic (exact) mass is 292 g/mol. The zero-order valence-corrected chi connectivity index (χ0v) is 10.5. The number of anilines is 1. The molecule has 7 heteroatoms. The number of nitrogens with zero attached hydrogens (tertiary/aromatic N) is 1. The lowest BCUT2D eigenvalue weighted by atomic mass is 10.2. The lowest BCUT2D eigenvalue weighted by molar-refractivity contribution is -0.140. The second kappa shape index (κ2) is 5.16. The predicted octanol–water partition coefficient (Wildman–Crippen LogP) is 4.43. The van der Waals surface area contributed by atoms with E-state index in [1.165, 1.54) is 0 Å². The molecule has 0 atom stereocenters. The summed E-state index contributed by atoms with van der Waals surface area (Å²) < 4.78 is 37.0. The number of aromatic nitrogens is 1. The molecule has 0 unspecified atom stereocenters. The van der Waals surface area contributed by atoms with Crippen LogP contribution in [0, 0.1) is 0 Å². The lowest BCUT2D eigenvalue weighted by Crippen LogP contribution is -2.06. The van der Waals surface area contributed by atoms with E-state index in [2.05, 4.69) is 10.3 Å². The third kappa shape index (κ3) is 3.14. The zero-order chi connectivity index (χ0) is 13.2. The van der Waals surface area contributed by atoms with Gasteiger partial charge in [-0.1, -0.05) is 29.8 Å². The van der Waals surface area contributed by atoms with Crippen LogP contribution in [0.5, 0.6) is 0 Å².